The highest BCUT2D eigenvalue weighted by Gasteiger charge is 2.19. The monoisotopic (exact) mass is 285 g/mol. The Morgan fingerprint density at radius 2 is 2.00 bits per heavy atom. The molecule has 0 heterocycles. The summed E-state index contributed by atoms with van der Waals surface area (Å²) in [6, 6.07) is 7.26. The Hall–Kier alpha value is -1.23. The van der Waals surface area contributed by atoms with E-state index in [4.69, 9.17) is 0 Å². The smallest absolute Gasteiger partial charge is 0.211 e. The van der Waals surface area contributed by atoms with E-state index in [0.717, 1.165) is 10.0 Å². The summed E-state index contributed by atoms with van der Waals surface area (Å²) in [5, 5.41) is 10.5. The zero-order valence-corrected chi connectivity index (χ0v) is 10.4. The number of Topliss-reactive ketones (excluding diaryl/α,β-unsaturated/α-hetero) is 1. The molecule has 0 fully saturated rings. The quantitative estimate of drug-likeness (QED) is 0.617. The fraction of sp³-hybridized carbons (Fsp3) is 0.364. The average molecular weight is 286 g/mol. The molecule has 86 valence electrons. The average Bonchev–Trinajstić information content (AvgIpc) is 2.16. The Labute approximate surface area is 102 Å². The van der Waals surface area contributed by atoms with Crippen molar-refractivity contribution in [2.45, 2.75) is 19.3 Å². The molecule has 1 aromatic carbocycles. The molecule has 16 heavy (non-hydrogen) atoms. The highest BCUT2D eigenvalue weighted by Crippen LogP contribution is 2.22. The van der Waals surface area contributed by atoms with Gasteiger partial charge in [0.2, 0.25) is 6.54 Å². The summed E-state index contributed by atoms with van der Waals surface area (Å²) in [7, 11) is 0. The Bertz CT molecular complexity index is 373. The molecule has 0 aliphatic rings. The lowest BCUT2D eigenvalue weighted by Crippen LogP contribution is -2.15. The molecule has 0 radical (unpaired) electrons. The van der Waals surface area contributed by atoms with Crippen molar-refractivity contribution in [3.63, 3.8) is 0 Å². The van der Waals surface area contributed by atoms with Crippen LogP contribution in [0.4, 0.5) is 0 Å². The SMILES string of the molecule is CC(=O)C[C@H](C[N+](=O)[O-])c1ccc(Br)cc1. The largest absolute Gasteiger partial charge is 0.300 e. The Balaban J connectivity index is 2.86. The van der Waals surface area contributed by atoms with Crippen LogP contribution in [-0.2, 0) is 4.79 Å². The van der Waals surface area contributed by atoms with Gasteiger partial charge in [0.05, 0.1) is 5.92 Å². The number of carbonyl (C=O) groups is 1. The van der Waals surface area contributed by atoms with Gasteiger partial charge in [0, 0.05) is 15.8 Å². The number of nitro groups is 1. The molecule has 0 amide bonds. The summed E-state index contributed by atoms with van der Waals surface area (Å²) in [4.78, 5) is 21.2. The number of rotatable bonds is 5. The van der Waals surface area contributed by atoms with Gasteiger partial charge in [-0.15, -0.1) is 0 Å². The number of nitrogens with zero attached hydrogens (tertiary/aromatic N) is 1. The van der Waals surface area contributed by atoms with Gasteiger partial charge in [-0.1, -0.05) is 28.1 Å². The second kappa shape index (κ2) is 5.75. The van der Waals surface area contributed by atoms with Gasteiger partial charge in [-0.25, -0.2) is 0 Å². The molecular formula is C11H12BrNO3. The number of ketones is 1. The minimum Gasteiger partial charge on any atom is -0.300 e. The van der Waals surface area contributed by atoms with Crippen LogP contribution in [0.2, 0.25) is 0 Å². The van der Waals surface area contributed by atoms with Crippen LogP contribution in [0, 0.1) is 10.1 Å². The van der Waals surface area contributed by atoms with E-state index in [1.165, 1.54) is 6.92 Å². The summed E-state index contributed by atoms with van der Waals surface area (Å²) >= 11 is 3.30. The molecule has 1 aromatic rings. The van der Waals surface area contributed by atoms with E-state index in [1.54, 1.807) is 12.1 Å². The number of carbonyl (C=O) groups excluding carboxylic acids is 1. The van der Waals surface area contributed by atoms with Crippen molar-refractivity contribution >= 4 is 21.7 Å². The molecule has 0 N–H and O–H groups in total. The van der Waals surface area contributed by atoms with E-state index in [2.05, 4.69) is 15.9 Å². The molecule has 4 nitrogen and oxygen atoms in total. The van der Waals surface area contributed by atoms with Crippen LogP contribution < -0.4 is 0 Å². The van der Waals surface area contributed by atoms with Crippen molar-refractivity contribution in [3.8, 4) is 0 Å². The van der Waals surface area contributed by atoms with E-state index in [9.17, 15) is 14.9 Å². The van der Waals surface area contributed by atoms with Crippen LogP contribution in [0.5, 0.6) is 0 Å². The van der Waals surface area contributed by atoms with E-state index in [1.807, 2.05) is 12.1 Å². The van der Waals surface area contributed by atoms with Crippen LogP contribution >= 0.6 is 15.9 Å². The molecule has 0 unspecified atom stereocenters. The van der Waals surface area contributed by atoms with Crippen molar-refractivity contribution in [2.75, 3.05) is 6.54 Å². The van der Waals surface area contributed by atoms with Crippen LogP contribution in [0.15, 0.2) is 28.7 Å². The highest BCUT2D eigenvalue weighted by molar-refractivity contribution is 9.10. The second-order valence-corrected chi connectivity index (χ2v) is 4.59. The predicted molar refractivity (Wildman–Crippen MR) is 64.0 cm³/mol. The van der Waals surface area contributed by atoms with Crippen molar-refractivity contribution in [2.24, 2.45) is 0 Å². The van der Waals surface area contributed by atoms with Crippen molar-refractivity contribution < 1.29 is 9.72 Å². The van der Waals surface area contributed by atoms with Gasteiger partial charge in [0.1, 0.15) is 5.78 Å². The van der Waals surface area contributed by atoms with E-state index in [-0.39, 0.29) is 29.6 Å². The summed E-state index contributed by atoms with van der Waals surface area (Å²) < 4.78 is 0.916. The van der Waals surface area contributed by atoms with Gasteiger partial charge < -0.3 is 4.79 Å². The standard InChI is InChI=1S/C11H12BrNO3/c1-8(14)6-10(7-13(15)16)9-2-4-11(12)5-3-9/h2-5,10H,6-7H2,1H3/t10-/m1/s1. The molecule has 0 aliphatic heterocycles. The zero-order chi connectivity index (χ0) is 12.1. The van der Waals surface area contributed by atoms with E-state index in [0.29, 0.717) is 0 Å². The number of halogens is 1. The van der Waals surface area contributed by atoms with Crippen LogP contribution in [0.3, 0.4) is 0 Å². The molecule has 1 rings (SSSR count). The van der Waals surface area contributed by atoms with Gasteiger partial charge >= 0.3 is 0 Å². The fourth-order valence-corrected chi connectivity index (χ4v) is 1.81. The van der Waals surface area contributed by atoms with E-state index >= 15 is 0 Å². The molecule has 5 heteroatoms. The maximum Gasteiger partial charge on any atom is 0.211 e. The third-order valence-electron chi connectivity index (χ3n) is 2.24. The third kappa shape index (κ3) is 4.10. The number of hydrogen-bond donors (Lipinski definition) is 0. The topological polar surface area (TPSA) is 60.2 Å². The lowest BCUT2D eigenvalue weighted by molar-refractivity contribution is -0.483. The lowest BCUT2D eigenvalue weighted by atomic mass is 9.94. The minimum atomic E-state index is -0.379. The second-order valence-electron chi connectivity index (χ2n) is 3.67. The normalized spacial score (nSPS) is 12.1. The van der Waals surface area contributed by atoms with Crippen LogP contribution in [0.1, 0.15) is 24.8 Å². The van der Waals surface area contributed by atoms with Gasteiger partial charge in [-0.3, -0.25) is 10.1 Å². The zero-order valence-electron chi connectivity index (χ0n) is 8.85. The Morgan fingerprint density at radius 1 is 1.44 bits per heavy atom. The van der Waals surface area contributed by atoms with Crippen LogP contribution in [-0.4, -0.2) is 17.3 Å². The molecule has 0 bridgehead atoms. The maximum absolute atomic E-state index is 11.0. The summed E-state index contributed by atoms with van der Waals surface area (Å²) in [5.41, 5.74) is 0.829. The summed E-state index contributed by atoms with van der Waals surface area (Å²) in [6.45, 7) is 1.24. The summed E-state index contributed by atoms with van der Waals surface area (Å²) in [6.07, 6.45) is 0.211. The molecule has 0 saturated heterocycles. The van der Waals surface area contributed by atoms with Crippen molar-refractivity contribution in [3.05, 3.63) is 44.4 Å². The Kier molecular flexibility index (Phi) is 4.61. The molecule has 0 spiro atoms. The molecule has 0 aliphatic carbocycles. The molecule has 1 atom stereocenters. The molecule has 0 aromatic heterocycles. The fourth-order valence-electron chi connectivity index (χ4n) is 1.55. The minimum absolute atomic E-state index is 0.0326. The maximum atomic E-state index is 11.0. The van der Waals surface area contributed by atoms with Gasteiger partial charge in [0.15, 0.2) is 0 Å². The number of hydrogen-bond acceptors (Lipinski definition) is 3. The first kappa shape index (κ1) is 12.8. The van der Waals surface area contributed by atoms with Gasteiger partial charge in [-0.2, -0.15) is 0 Å². The first-order chi connectivity index (χ1) is 7.49. The first-order valence-electron chi connectivity index (χ1n) is 4.85. The predicted octanol–water partition coefficient (Wildman–Crippen LogP) is 2.79. The lowest BCUT2D eigenvalue weighted by Gasteiger charge is -2.11. The van der Waals surface area contributed by atoms with Gasteiger partial charge in [-0.05, 0) is 24.6 Å². The first-order valence-corrected chi connectivity index (χ1v) is 5.65. The van der Waals surface area contributed by atoms with Gasteiger partial charge in [0.25, 0.3) is 0 Å². The van der Waals surface area contributed by atoms with Crippen molar-refractivity contribution in [1.82, 2.24) is 0 Å². The number of benzene rings is 1. The third-order valence-corrected chi connectivity index (χ3v) is 2.77. The van der Waals surface area contributed by atoms with Crippen molar-refractivity contribution in [1.29, 1.82) is 0 Å². The highest BCUT2D eigenvalue weighted by atomic mass is 79.9. The Morgan fingerprint density at radius 3 is 2.44 bits per heavy atom. The van der Waals surface area contributed by atoms with Crippen LogP contribution in [0.25, 0.3) is 0 Å². The molecular weight excluding hydrogens is 274 g/mol. The summed E-state index contributed by atoms with van der Waals surface area (Å²) in [5.74, 6) is -0.365. The molecule has 0 saturated carbocycles. The van der Waals surface area contributed by atoms with E-state index < -0.39 is 0 Å².